The molecule has 0 atom stereocenters. The number of halogens is 4. The van der Waals surface area contributed by atoms with Crippen LogP contribution in [0.15, 0.2) is 18.2 Å². The number of rotatable bonds is 4. The minimum Gasteiger partial charge on any atom is -0.463 e. The van der Waals surface area contributed by atoms with E-state index in [9.17, 15) is 27.2 Å². The molecule has 9 heteroatoms. The van der Waals surface area contributed by atoms with Gasteiger partial charge in [-0.3, -0.25) is 5.32 Å². The average molecular weight is 309 g/mol. The van der Waals surface area contributed by atoms with Gasteiger partial charge in [-0.05, 0) is 25.1 Å². The summed E-state index contributed by atoms with van der Waals surface area (Å²) in [4.78, 5) is 22.1. The second-order valence-corrected chi connectivity index (χ2v) is 3.70. The van der Waals surface area contributed by atoms with E-state index < -0.39 is 41.9 Å². The molecule has 21 heavy (non-hydrogen) atoms. The third-order valence-electron chi connectivity index (χ3n) is 2.16. The predicted molar refractivity (Wildman–Crippen MR) is 63.0 cm³/mol. The minimum absolute atomic E-state index is 0.0755. The molecule has 0 bridgehead atoms. The van der Waals surface area contributed by atoms with Gasteiger partial charge in [-0.15, -0.1) is 0 Å². The van der Waals surface area contributed by atoms with Crippen molar-refractivity contribution in [3.05, 3.63) is 29.6 Å². The summed E-state index contributed by atoms with van der Waals surface area (Å²) < 4.78 is 59.5. The van der Waals surface area contributed by atoms with Crippen LogP contribution in [0, 0.1) is 5.82 Å². The second kappa shape index (κ2) is 6.91. The summed E-state index contributed by atoms with van der Waals surface area (Å²) in [6, 6.07) is 1.51. The zero-order chi connectivity index (χ0) is 16.0. The highest BCUT2D eigenvalue weighted by atomic mass is 19.4. The molecule has 5 nitrogen and oxygen atoms in total. The van der Waals surface area contributed by atoms with Crippen molar-refractivity contribution in [2.75, 3.05) is 18.5 Å². The van der Waals surface area contributed by atoms with Crippen LogP contribution in [-0.2, 0) is 20.4 Å². The van der Waals surface area contributed by atoms with Crippen LogP contribution in [0.5, 0.6) is 0 Å². The Morgan fingerprint density at radius 1 is 1.24 bits per heavy atom. The van der Waals surface area contributed by atoms with Crippen molar-refractivity contribution in [3.8, 4) is 0 Å². The van der Waals surface area contributed by atoms with Gasteiger partial charge in [0, 0.05) is 0 Å². The summed E-state index contributed by atoms with van der Waals surface area (Å²) in [7, 11) is 0. The van der Waals surface area contributed by atoms with E-state index in [0.29, 0.717) is 18.2 Å². The van der Waals surface area contributed by atoms with E-state index in [1.807, 2.05) is 0 Å². The first-order valence-corrected chi connectivity index (χ1v) is 5.70. The highest BCUT2D eigenvalue weighted by Crippen LogP contribution is 2.31. The zero-order valence-electron chi connectivity index (χ0n) is 10.8. The molecular weight excluding hydrogens is 298 g/mol. The lowest BCUT2D eigenvalue weighted by Gasteiger charge is -2.11. The van der Waals surface area contributed by atoms with E-state index in [4.69, 9.17) is 0 Å². The Balaban J connectivity index is 2.69. The van der Waals surface area contributed by atoms with Crippen molar-refractivity contribution in [1.82, 2.24) is 0 Å². The average Bonchev–Trinajstić information content (AvgIpc) is 2.38. The summed E-state index contributed by atoms with van der Waals surface area (Å²) in [6.07, 6.45) is -5.96. The number of alkyl halides is 3. The van der Waals surface area contributed by atoms with Gasteiger partial charge in [-0.2, -0.15) is 13.2 Å². The van der Waals surface area contributed by atoms with Gasteiger partial charge in [0.25, 0.3) is 0 Å². The summed E-state index contributed by atoms with van der Waals surface area (Å²) in [5.41, 5.74) is -1.84. The van der Waals surface area contributed by atoms with E-state index in [1.165, 1.54) is 6.92 Å². The van der Waals surface area contributed by atoms with Gasteiger partial charge in [-0.25, -0.2) is 14.0 Å². The lowest BCUT2D eigenvalue weighted by molar-refractivity contribution is -0.146. The molecule has 0 saturated carbocycles. The van der Waals surface area contributed by atoms with Crippen molar-refractivity contribution < 1.29 is 36.6 Å². The van der Waals surface area contributed by atoms with Crippen molar-refractivity contribution in [2.24, 2.45) is 0 Å². The van der Waals surface area contributed by atoms with Crippen molar-refractivity contribution >= 4 is 17.7 Å². The monoisotopic (exact) mass is 309 g/mol. The molecule has 116 valence electrons. The third kappa shape index (κ3) is 5.28. The summed E-state index contributed by atoms with van der Waals surface area (Å²) in [5, 5.41) is 1.78. The van der Waals surface area contributed by atoms with Gasteiger partial charge in [-0.1, -0.05) is 0 Å². The number of benzene rings is 1. The van der Waals surface area contributed by atoms with Crippen molar-refractivity contribution in [1.29, 1.82) is 0 Å². The maximum absolute atomic E-state index is 13.3. The first-order valence-electron chi connectivity index (χ1n) is 5.70. The van der Waals surface area contributed by atoms with Gasteiger partial charge in [0.15, 0.2) is 6.61 Å². The highest BCUT2D eigenvalue weighted by molar-refractivity contribution is 5.86. The van der Waals surface area contributed by atoms with Crippen LogP contribution in [0.3, 0.4) is 0 Å². The predicted octanol–water partition coefficient (Wildman–Crippen LogP) is 2.96. The number of amides is 1. The quantitative estimate of drug-likeness (QED) is 0.686. The lowest BCUT2D eigenvalue weighted by Crippen LogP contribution is -2.21. The lowest BCUT2D eigenvalue weighted by atomic mass is 10.2. The second-order valence-electron chi connectivity index (χ2n) is 3.70. The molecule has 1 amide bonds. The molecule has 1 N–H and O–H groups in total. The van der Waals surface area contributed by atoms with Crippen LogP contribution in [0.1, 0.15) is 12.5 Å². The van der Waals surface area contributed by atoms with Gasteiger partial charge in [0.1, 0.15) is 5.82 Å². The van der Waals surface area contributed by atoms with E-state index in [2.05, 4.69) is 9.47 Å². The Morgan fingerprint density at radius 3 is 2.48 bits per heavy atom. The maximum Gasteiger partial charge on any atom is 0.416 e. The number of nitrogens with one attached hydrogen (secondary N) is 1. The van der Waals surface area contributed by atoms with Crippen LogP contribution >= 0.6 is 0 Å². The number of carbonyl (C=O) groups excluding carboxylic acids is 2. The Hall–Kier alpha value is -2.32. The first-order chi connectivity index (χ1) is 9.74. The van der Waals surface area contributed by atoms with Crippen LogP contribution in [0.4, 0.5) is 28.0 Å². The van der Waals surface area contributed by atoms with Crippen molar-refractivity contribution in [3.63, 3.8) is 0 Å². The number of hydrogen-bond acceptors (Lipinski definition) is 4. The number of carbonyl (C=O) groups is 2. The molecule has 1 aromatic carbocycles. The van der Waals surface area contributed by atoms with Gasteiger partial charge < -0.3 is 9.47 Å². The molecular formula is C12H11F4NO4. The largest absolute Gasteiger partial charge is 0.463 e. The molecule has 0 unspecified atom stereocenters. The molecule has 0 aromatic heterocycles. The van der Waals surface area contributed by atoms with Crippen LogP contribution in [-0.4, -0.2) is 25.3 Å². The van der Waals surface area contributed by atoms with Crippen LogP contribution < -0.4 is 5.32 Å². The zero-order valence-corrected chi connectivity index (χ0v) is 10.8. The molecule has 0 aliphatic heterocycles. The standard InChI is InChI=1S/C12H11F4NO4/c1-2-20-10(18)6-21-11(19)17-9-5-7(12(14,15)16)3-4-8(9)13/h3-5H,2,6H2,1H3,(H,17,19). The van der Waals surface area contributed by atoms with Gasteiger partial charge in [0.05, 0.1) is 17.9 Å². The Bertz CT molecular complexity index is 530. The molecule has 0 spiro atoms. The fourth-order valence-electron chi connectivity index (χ4n) is 1.27. The van der Waals surface area contributed by atoms with Gasteiger partial charge >= 0.3 is 18.2 Å². The summed E-state index contributed by atoms with van der Waals surface area (Å²) >= 11 is 0. The normalized spacial score (nSPS) is 10.9. The number of esters is 1. The molecule has 0 heterocycles. The number of ether oxygens (including phenoxy) is 2. The highest BCUT2D eigenvalue weighted by Gasteiger charge is 2.31. The van der Waals surface area contributed by atoms with Crippen LogP contribution in [0.25, 0.3) is 0 Å². The maximum atomic E-state index is 13.3. The molecule has 0 fully saturated rings. The third-order valence-corrected chi connectivity index (χ3v) is 2.16. The number of hydrogen-bond donors (Lipinski definition) is 1. The Labute approximate surface area is 116 Å². The summed E-state index contributed by atoms with van der Waals surface area (Å²) in [6.45, 7) is 0.877. The molecule has 1 rings (SSSR count). The Morgan fingerprint density at radius 2 is 1.90 bits per heavy atom. The first kappa shape index (κ1) is 16.7. The SMILES string of the molecule is CCOC(=O)COC(=O)Nc1cc(C(F)(F)F)ccc1F. The number of anilines is 1. The van der Waals surface area contributed by atoms with E-state index in [1.54, 1.807) is 5.32 Å². The van der Waals surface area contributed by atoms with Crippen LogP contribution in [0.2, 0.25) is 0 Å². The smallest absolute Gasteiger partial charge is 0.416 e. The van der Waals surface area contributed by atoms with E-state index in [-0.39, 0.29) is 6.61 Å². The fraction of sp³-hybridized carbons (Fsp3) is 0.333. The minimum atomic E-state index is -4.68. The molecule has 0 saturated heterocycles. The molecule has 0 aliphatic carbocycles. The molecule has 0 radical (unpaired) electrons. The molecule has 0 aliphatic rings. The molecule has 1 aromatic rings. The van der Waals surface area contributed by atoms with E-state index in [0.717, 1.165) is 0 Å². The topological polar surface area (TPSA) is 64.6 Å². The summed E-state index contributed by atoms with van der Waals surface area (Å²) in [5.74, 6) is -1.91. The van der Waals surface area contributed by atoms with E-state index >= 15 is 0 Å². The Kier molecular flexibility index (Phi) is 5.51. The van der Waals surface area contributed by atoms with Gasteiger partial charge in [0.2, 0.25) is 0 Å². The fourth-order valence-corrected chi connectivity index (χ4v) is 1.27. The van der Waals surface area contributed by atoms with Crippen molar-refractivity contribution in [2.45, 2.75) is 13.1 Å².